The summed E-state index contributed by atoms with van der Waals surface area (Å²) < 4.78 is 6.00. The van der Waals surface area contributed by atoms with E-state index in [4.69, 9.17) is 16.2 Å². The zero-order valence-electron chi connectivity index (χ0n) is 7.17. The van der Waals surface area contributed by atoms with E-state index >= 15 is 0 Å². The molecule has 0 radical (unpaired) electrons. The second kappa shape index (κ2) is 3.20. The van der Waals surface area contributed by atoms with Gasteiger partial charge in [-0.15, -0.1) is 0 Å². The first kappa shape index (κ1) is 9.77. The van der Waals surface area contributed by atoms with Crippen molar-refractivity contribution in [3.63, 3.8) is 0 Å². The van der Waals surface area contributed by atoms with Gasteiger partial charge in [0.1, 0.15) is 5.76 Å². The number of hydrogen-bond acceptors (Lipinski definition) is 3. The van der Waals surface area contributed by atoms with E-state index < -0.39 is 5.54 Å². The molecule has 4 N–H and O–H groups in total. The Morgan fingerprint density at radius 3 is 2.75 bits per heavy atom. The van der Waals surface area contributed by atoms with Crippen LogP contribution in [0.15, 0.2) is 22.4 Å². The van der Waals surface area contributed by atoms with Gasteiger partial charge in [-0.3, -0.25) is 0 Å². The largest absolute Gasteiger partial charge is 0.499 e. The summed E-state index contributed by atoms with van der Waals surface area (Å²) in [7, 11) is 1.59. The minimum Gasteiger partial charge on any atom is -0.499 e. The van der Waals surface area contributed by atoms with E-state index in [1.807, 2.05) is 19.1 Å². The van der Waals surface area contributed by atoms with E-state index in [2.05, 4.69) is 15.9 Å². The first-order chi connectivity index (χ1) is 5.47. The van der Waals surface area contributed by atoms with Crippen LogP contribution in [0.4, 0.5) is 0 Å². The van der Waals surface area contributed by atoms with E-state index in [1.165, 1.54) is 0 Å². The van der Waals surface area contributed by atoms with Crippen molar-refractivity contribution in [3.05, 3.63) is 22.4 Å². The molecule has 0 fully saturated rings. The summed E-state index contributed by atoms with van der Waals surface area (Å²) in [5, 5.41) is 0. The summed E-state index contributed by atoms with van der Waals surface area (Å²) in [6.45, 7) is 1.87. The average Bonchev–Trinajstić information content (AvgIpc) is 1.96. The number of rotatable bonds is 1. The van der Waals surface area contributed by atoms with Crippen LogP contribution in [0.2, 0.25) is 0 Å². The van der Waals surface area contributed by atoms with Crippen LogP contribution in [0.25, 0.3) is 0 Å². The SMILES string of the molecule is COC1=CC(Br)=CC(C)(N)C1N. The summed E-state index contributed by atoms with van der Waals surface area (Å²) in [5.41, 5.74) is 11.2. The zero-order chi connectivity index (χ0) is 9.35. The molecule has 68 valence electrons. The number of allylic oxidation sites excluding steroid dienone is 2. The Kier molecular flexibility index (Phi) is 2.61. The Labute approximate surface area is 80.6 Å². The van der Waals surface area contributed by atoms with Gasteiger partial charge in [0.15, 0.2) is 0 Å². The lowest BCUT2D eigenvalue weighted by molar-refractivity contribution is 0.241. The Hall–Kier alpha value is -0.320. The number of methoxy groups -OCH3 is 1. The van der Waals surface area contributed by atoms with Crippen molar-refractivity contribution >= 4 is 15.9 Å². The molecule has 0 aromatic carbocycles. The van der Waals surface area contributed by atoms with Crippen LogP contribution in [-0.4, -0.2) is 18.7 Å². The lowest BCUT2D eigenvalue weighted by Crippen LogP contribution is -2.54. The van der Waals surface area contributed by atoms with E-state index in [9.17, 15) is 0 Å². The fourth-order valence-corrected chi connectivity index (χ4v) is 1.87. The van der Waals surface area contributed by atoms with Crippen LogP contribution in [0.5, 0.6) is 0 Å². The molecular formula is C8H13BrN2O. The van der Waals surface area contributed by atoms with Crippen molar-refractivity contribution in [2.45, 2.75) is 18.5 Å². The minimum atomic E-state index is -0.543. The van der Waals surface area contributed by atoms with Crippen molar-refractivity contribution in [1.29, 1.82) is 0 Å². The second-order valence-corrected chi connectivity index (χ2v) is 4.04. The van der Waals surface area contributed by atoms with Gasteiger partial charge in [0.25, 0.3) is 0 Å². The second-order valence-electron chi connectivity index (χ2n) is 3.12. The smallest absolute Gasteiger partial charge is 0.116 e. The molecule has 1 aliphatic rings. The molecule has 0 saturated carbocycles. The molecule has 1 aliphatic carbocycles. The zero-order valence-corrected chi connectivity index (χ0v) is 8.76. The van der Waals surface area contributed by atoms with Gasteiger partial charge in [-0.05, 0) is 19.1 Å². The molecule has 12 heavy (non-hydrogen) atoms. The van der Waals surface area contributed by atoms with E-state index in [1.54, 1.807) is 7.11 Å². The first-order valence-electron chi connectivity index (χ1n) is 3.66. The highest BCUT2D eigenvalue weighted by atomic mass is 79.9. The summed E-state index contributed by atoms with van der Waals surface area (Å²) >= 11 is 3.34. The van der Waals surface area contributed by atoms with Crippen LogP contribution in [0.1, 0.15) is 6.92 Å². The normalized spacial score (nSPS) is 35.6. The molecule has 0 aromatic heterocycles. The molecule has 0 aromatic rings. The fourth-order valence-electron chi connectivity index (χ4n) is 1.15. The molecule has 0 amide bonds. The molecule has 2 unspecified atom stereocenters. The molecule has 3 nitrogen and oxygen atoms in total. The first-order valence-corrected chi connectivity index (χ1v) is 4.45. The molecule has 2 atom stereocenters. The number of ether oxygens (including phenoxy) is 1. The highest BCUT2D eigenvalue weighted by Gasteiger charge is 2.31. The van der Waals surface area contributed by atoms with Gasteiger partial charge in [-0.25, -0.2) is 0 Å². The lowest BCUT2D eigenvalue weighted by atomic mass is 9.89. The maximum Gasteiger partial charge on any atom is 0.116 e. The van der Waals surface area contributed by atoms with E-state index in [0.29, 0.717) is 5.76 Å². The van der Waals surface area contributed by atoms with Crippen LogP contribution >= 0.6 is 15.9 Å². The van der Waals surface area contributed by atoms with Crippen LogP contribution in [0, 0.1) is 0 Å². The van der Waals surface area contributed by atoms with Gasteiger partial charge in [0.2, 0.25) is 0 Å². The van der Waals surface area contributed by atoms with Gasteiger partial charge in [-0.2, -0.15) is 0 Å². The monoisotopic (exact) mass is 232 g/mol. The molecule has 0 aliphatic heterocycles. The maximum atomic E-state index is 5.93. The van der Waals surface area contributed by atoms with Crippen LogP contribution in [-0.2, 0) is 4.74 Å². The van der Waals surface area contributed by atoms with Gasteiger partial charge >= 0.3 is 0 Å². The maximum absolute atomic E-state index is 5.93. The highest BCUT2D eigenvalue weighted by molar-refractivity contribution is 9.11. The topological polar surface area (TPSA) is 61.3 Å². The Balaban J connectivity index is 2.99. The molecule has 0 bridgehead atoms. The minimum absolute atomic E-state index is 0.274. The third-order valence-electron chi connectivity index (χ3n) is 1.94. The van der Waals surface area contributed by atoms with Crippen molar-refractivity contribution in [2.24, 2.45) is 11.5 Å². The lowest BCUT2D eigenvalue weighted by Gasteiger charge is -2.32. The number of hydrogen-bond donors (Lipinski definition) is 2. The quantitative estimate of drug-likeness (QED) is 0.705. The van der Waals surface area contributed by atoms with Gasteiger partial charge in [-0.1, -0.05) is 15.9 Å². The average molecular weight is 233 g/mol. The van der Waals surface area contributed by atoms with Crippen molar-refractivity contribution in [1.82, 2.24) is 0 Å². The summed E-state index contributed by atoms with van der Waals surface area (Å²) in [4.78, 5) is 0. The third kappa shape index (κ3) is 1.71. The molecule has 1 rings (SSSR count). The molecular weight excluding hydrogens is 220 g/mol. The summed E-state index contributed by atoms with van der Waals surface area (Å²) in [5.74, 6) is 0.703. The highest BCUT2D eigenvalue weighted by Crippen LogP contribution is 2.26. The van der Waals surface area contributed by atoms with Crippen molar-refractivity contribution in [2.75, 3.05) is 7.11 Å². The number of halogens is 1. The van der Waals surface area contributed by atoms with E-state index in [-0.39, 0.29) is 6.04 Å². The van der Waals surface area contributed by atoms with Crippen molar-refractivity contribution < 1.29 is 4.74 Å². The van der Waals surface area contributed by atoms with Crippen LogP contribution < -0.4 is 11.5 Å². The van der Waals surface area contributed by atoms with Gasteiger partial charge < -0.3 is 16.2 Å². The molecule has 0 heterocycles. The standard InChI is InChI=1S/C8H13BrN2O/c1-8(11)4-5(9)3-6(12-2)7(8)10/h3-4,7H,10-11H2,1-2H3. The van der Waals surface area contributed by atoms with Crippen molar-refractivity contribution in [3.8, 4) is 0 Å². The van der Waals surface area contributed by atoms with E-state index in [0.717, 1.165) is 4.48 Å². The third-order valence-corrected chi connectivity index (χ3v) is 2.40. The Morgan fingerprint density at radius 2 is 2.25 bits per heavy atom. The molecule has 0 saturated heterocycles. The Morgan fingerprint density at radius 1 is 1.67 bits per heavy atom. The van der Waals surface area contributed by atoms with Crippen LogP contribution in [0.3, 0.4) is 0 Å². The summed E-state index contributed by atoms with van der Waals surface area (Å²) in [6.07, 6.45) is 3.71. The number of nitrogens with two attached hydrogens (primary N) is 2. The Bertz CT molecular complexity index is 245. The predicted molar refractivity (Wildman–Crippen MR) is 52.7 cm³/mol. The predicted octanol–water partition coefficient (Wildman–Crippen LogP) is 0.854. The summed E-state index contributed by atoms with van der Waals surface area (Å²) in [6, 6.07) is -0.274. The molecule has 0 spiro atoms. The fraction of sp³-hybridized carbons (Fsp3) is 0.500. The molecule has 4 heteroatoms. The van der Waals surface area contributed by atoms with Gasteiger partial charge in [0.05, 0.1) is 18.7 Å². The van der Waals surface area contributed by atoms with Gasteiger partial charge in [0, 0.05) is 4.48 Å².